The topological polar surface area (TPSA) is 62.4 Å². The van der Waals surface area contributed by atoms with E-state index in [4.69, 9.17) is 28.6 Å². The fourth-order valence-electron chi connectivity index (χ4n) is 2.75. The number of halogens is 1. The van der Waals surface area contributed by atoms with E-state index in [1.54, 1.807) is 19.2 Å². The molecule has 0 fully saturated rings. The standard InChI is InChI=1S/C21H20ClN3O2S/c1-13(14-6-7-16-11-19(27-2)9-8-15(16)10-14)20(26)24-25-21(28)23-18-5-3-4-17(22)12-18/h3-13H,1-2H3,(H,24,26)(H2,23,25,28)/t13-/m0/s1. The lowest BCUT2D eigenvalue weighted by molar-refractivity contribution is -0.122. The molecule has 5 nitrogen and oxygen atoms in total. The molecule has 3 aromatic carbocycles. The van der Waals surface area contributed by atoms with E-state index in [-0.39, 0.29) is 16.9 Å². The van der Waals surface area contributed by atoms with E-state index in [0.29, 0.717) is 5.02 Å². The summed E-state index contributed by atoms with van der Waals surface area (Å²) in [6, 6.07) is 18.9. The Bertz CT molecular complexity index is 1030. The Balaban J connectivity index is 1.60. The van der Waals surface area contributed by atoms with Gasteiger partial charge in [0.25, 0.3) is 0 Å². The van der Waals surface area contributed by atoms with E-state index in [1.165, 1.54) is 0 Å². The Kier molecular flexibility index (Phi) is 6.34. The maximum Gasteiger partial charge on any atom is 0.245 e. The molecule has 0 aromatic heterocycles. The quantitative estimate of drug-likeness (QED) is 0.430. The van der Waals surface area contributed by atoms with Gasteiger partial charge in [-0.15, -0.1) is 0 Å². The minimum absolute atomic E-state index is 0.192. The molecule has 28 heavy (non-hydrogen) atoms. The number of nitrogens with one attached hydrogen (secondary N) is 3. The summed E-state index contributed by atoms with van der Waals surface area (Å²) in [6.45, 7) is 1.84. The summed E-state index contributed by atoms with van der Waals surface area (Å²) in [5.74, 6) is 0.257. The van der Waals surface area contributed by atoms with Crippen molar-refractivity contribution in [2.24, 2.45) is 0 Å². The van der Waals surface area contributed by atoms with Crippen molar-refractivity contribution in [3.05, 3.63) is 71.2 Å². The van der Waals surface area contributed by atoms with Crippen LogP contribution < -0.4 is 20.9 Å². The fraction of sp³-hybridized carbons (Fsp3) is 0.143. The second kappa shape index (κ2) is 8.91. The largest absolute Gasteiger partial charge is 0.497 e. The van der Waals surface area contributed by atoms with Crippen LogP contribution >= 0.6 is 23.8 Å². The van der Waals surface area contributed by atoms with Crippen LogP contribution in [0.5, 0.6) is 5.75 Å². The third-order valence-electron chi connectivity index (χ3n) is 4.35. The zero-order chi connectivity index (χ0) is 20.1. The van der Waals surface area contributed by atoms with E-state index in [1.807, 2.05) is 55.5 Å². The minimum Gasteiger partial charge on any atom is -0.497 e. The Labute approximate surface area is 174 Å². The number of fused-ring (bicyclic) bond motifs is 1. The molecule has 3 aromatic rings. The number of hydrazine groups is 1. The summed E-state index contributed by atoms with van der Waals surface area (Å²) in [5, 5.41) is 5.93. The van der Waals surface area contributed by atoms with Crippen molar-refractivity contribution in [2.75, 3.05) is 12.4 Å². The average molecular weight is 414 g/mol. The van der Waals surface area contributed by atoms with Crippen LogP contribution in [0.4, 0.5) is 5.69 Å². The highest BCUT2D eigenvalue weighted by Gasteiger charge is 2.16. The number of rotatable bonds is 4. The van der Waals surface area contributed by atoms with Crippen LogP contribution in [-0.4, -0.2) is 18.1 Å². The van der Waals surface area contributed by atoms with E-state index in [9.17, 15) is 4.79 Å². The van der Waals surface area contributed by atoms with E-state index in [0.717, 1.165) is 27.8 Å². The lowest BCUT2D eigenvalue weighted by atomic mass is 9.97. The number of anilines is 1. The SMILES string of the molecule is COc1ccc2cc([C@H](C)C(=O)NNC(=S)Nc3cccc(Cl)c3)ccc2c1. The van der Waals surface area contributed by atoms with Gasteiger partial charge in [-0.05, 0) is 65.8 Å². The molecule has 0 saturated heterocycles. The number of thiocarbonyl (C=S) groups is 1. The van der Waals surface area contributed by atoms with Gasteiger partial charge in [-0.2, -0.15) is 0 Å². The van der Waals surface area contributed by atoms with Gasteiger partial charge in [0.05, 0.1) is 13.0 Å². The number of methoxy groups -OCH3 is 1. The van der Waals surface area contributed by atoms with Crippen molar-refractivity contribution >= 4 is 51.3 Å². The highest BCUT2D eigenvalue weighted by molar-refractivity contribution is 7.80. The zero-order valence-electron chi connectivity index (χ0n) is 15.5. The first kappa shape index (κ1) is 19.9. The lowest BCUT2D eigenvalue weighted by Crippen LogP contribution is -2.45. The van der Waals surface area contributed by atoms with Crippen molar-refractivity contribution in [1.29, 1.82) is 0 Å². The highest BCUT2D eigenvalue weighted by atomic mass is 35.5. The normalized spacial score (nSPS) is 11.5. The van der Waals surface area contributed by atoms with Crippen molar-refractivity contribution in [3.8, 4) is 5.75 Å². The molecule has 0 aliphatic carbocycles. The molecular weight excluding hydrogens is 394 g/mol. The van der Waals surface area contributed by atoms with Crippen LogP contribution in [0.3, 0.4) is 0 Å². The van der Waals surface area contributed by atoms with Gasteiger partial charge in [0, 0.05) is 10.7 Å². The van der Waals surface area contributed by atoms with Crippen molar-refractivity contribution < 1.29 is 9.53 Å². The first-order valence-corrected chi connectivity index (χ1v) is 9.45. The maximum absolute atomic E-state index is 12.5. The molecular formula is C21H20ClN3O2S. The maximum atomic E-state index is 12.5. The van der Waals surface area contributed by atoms with Gasteiger partial charge in [0.15, 0.2) is 5.11 Å². The number of ether oxygens (including phenoxy) is 1. The van der Waals surface area contributed by atoms with Gasteiger partial charge in [-0.3, -0.25) is 15.6 Å². The number of carbonyl (C=O) groups is 1. The summed E-state index contributed by atoms with van der Waals surface area (Å²) in [4.78, 5) is 12.5. The fourth-order valence-corrected chi connectivity index (χ4v) is 3.10. The number of carbonyl (C=O) groups excluding carboxylic acids is 1. The summed E-state index contributed by atoms with van der Waals surface area (Å²) in [5.41, 5.74) is 6.99. The van der Waals surface area contributed by atoms with Crippen LogP contribution in [-0.2, 0) is 4.79 Å². The van der Waals surface area contributed by atoms with Gasteiger partial charge in [-0.25, -0.2) is 0 Å². The summed E-state index contributed by atoms with van der Waals surface area (Å²) in [6.07, 6.45) is 0. The Hall–Kier alpha value is -2.83. The predicted molar refractivity (Wildman–Crippen MR) is 118 cm³/mol. The van der Waals surface area contributed by atoms with Gasteiger partial charge in [0.2, 0.25) is 5.91 Å². The zero-order valence-corrected chi connectivity index (χ0v) is 17.0. The van der Waals surface area contributed by atoms with E-state index >= 15 is 0 Å². The average Bonchev–Trinajstić information content (AvgIpc) is 2.70. The molecule has 1 amide bonds. The number of hydrogen-bond donors (Lipinski definition) is 3. The van der Waals surface area contributed by atoms with E-state index in [2.05, 4.69) is 16.2 Å². The molecule has 0 aliphatic rings. The number of amides is 1. The van der Waals surface area contributed by atoms with Crippen LogP contribution in [0.2, 0.25) is 5.02 Å². The molecule has 7 heteroatoms. The molecule has 144 valence electrons. The van der Waals surface area contributed by atoms with Gasteiger partial charge in [-0.1, -0.05) is 41.9 Å². The lowest BCUT2D eigenvalue weighted by Gasteiger charge is -2.16. The monoisotopic (exact) mass is 413 g/mol. The van der Waals surface area contributed by atoms with Crippen molar-refractivity contribution in [1.82, 2.24) is 10.9 Å². The molecule has 0 spiro atoms. The van der Waals surface area contributed by atoms with Gasteiger partial charge < -0.3 is 10.1 Å². The Morgan fingerprint density at radius 1 is 1.04 bits per heavy atom. The first-order chi connectivity index (χ1) is 13.5. The van der Waals surface area contributed by atoms with E-state index < -0.39 is 0 Å². The second-order valence-electron chi connectivity index (χ2n) is 6.27. The summed E-state index contributed by atoms with van der Waals surface area (Å²) >= 11 is 11.1. The third kappa shape index (κ3) is 4.91. The predicted octanol–water partition coefficient (Wildman–Crippen LogP) is 4.62. The molecule has 0 radical (unpaired) electrons. The molecule has 0 aliphatic heterocycles. The minimum atomic E-state index is -0.354. The smallest absolute Gasteiger partial charge is 0.245 e. The second-order valence-corrected chi connectivity index (χ2v) is 7.12. The Morgan fingerprint density at radius 2 is 1.79 bits per heavy atom. The number of hydrogen-bond acceptors (Lipinski definition) is 3. The van der Waals surface area contributed by atoms with Crippen LogP contribution in [0, 0.1) is 0 Å². The van der Waals surface area contributed by atoms with Crippen LogP contribution in [0.25, 0.3) is 10.8 Å². The first-order valence-electron chi connectivity index (χ1n) is 8.66. The van der Waals surface area contributed by atoms with Gasteiger partial charge in [0.1, 0.15) is 5.75 Å². The number of benzene rings is 3. The highest BCUT2D eigenvalue weighted by Crippen LogP contribution is 2.25. The molecule has 3 N–H and O–H groups in total. The summed E-state index contributed by atoms with van der Waals surface area (Å²) in [7, 11) is 1.64. The van der Waals surface area contributed by atoms with Crippen molar-refractivity contribution in [2.45, 2.75) is 12.8 Å². The molecule has 0 unspecified atom stereocenters. The molecule has 3 rings (SSSR count). The summed E-state index contributed by atoms with van der Waals surface area (Å²) < 4.78 is 5.24. The molecule has 1 atom stereocenters. The van der Waals surface area contributed by atoms with Crippen molar-refractivity contribution in [3.63, 3.8) is 0 Å². The third-order valence-corrected chi connectivity index (χ3v) is 4.79. The van der Waals surface area contributed by atoms with Crippen LogP contribution in [0.15, 0.2) is 60.7 Å². The Morgan fingerprint density at radius 3 is 2.54 bits per heavy atom. The molecule has 0 saturated carbocycles. The van der Waals surface area contributed by atoms with Crippen LogP contribution in [0.1, 0.15) is 18.4 Å². The molecule has 0 heterocycles. The van der Waals surface area contributed by atoms with Gasteiger partial charge >= 0.3 is 0 Å². The molecule has 0 bridgehead atoms.